The van der Waals surface area contributed by atoms with Crippen LogP contribution >= 0.6 is 0 Å². The van der Waals surface area contributed by atoms with Gasteiger partial charge in [-0.2, -0.15) is 0 Å². The Bertz CT molecular complexity index is 148. The lowest BCUT2D eigenvalue weighted by Crippen LogP contribution is -2.41. The molecule has 1 N–H and O–H groups in total. The minimum atomic E-state index is 0.386. The van der Waals surface area contributed by atoms with Gasteiger partial charge in [0.05, 0.1) is 6.10 Å². The van der Waals surface area contributed by atoms with E-state index in [2.05, 4.69) is 39.9 Å². The van der Waals surface area contributed by atoms with E-state index in [9.17, 15) is 0 Å². The van der Waals surface area contributed by atoms with E-state index in [0.717, 1.165) is 25.5 Å². The smallest absolute Gasteiger partial charge is 0.0725 e. The molecule has 0 saturated carbocycles. The molecule has 16 heavy (non-hydrogen) atoms. The monoisotopic (exact) mass is 229 g/mol. The first-order valence-corrected chi connectivity index (χ1v) is 7.00. The molecule has 2 heteroatoms. The standard InChI is InChI=1S/C14H31NO/c1-6-14(16-8-3)13(15-7-2)11-9-10-12(4)5/h12-15H,6-11H2,1-5H3. The van der Waals surface area contributed by atoms with Gasteiger partial charge < -0.3 is 10.1 Å². The van der Waals surface area contributed by atoms with Gasteiger partial charge in [-0.05, 0) is 32.2 Å². The summed E-state index contributed by atoms with van der Waals surface area (Å²) in [5.74, 6) is 0.814. The predicted octanol–water partition coefficient (Wildman–Crippen LogP) is 3.61. The Labute approximate surface area is 102 Å². The number of nitrogens with one attached hydrogen (secondary N) is 1. The van der Waals surface area contributed by atoms with Crippen LogP contribution < -0.4 is 5.32 Å². The molecule has 0 amide bonds. The molecule has 2 atom stereocenters. The van der Waals surface area contributed by atoms with Crippen LogP contribution in [0, 0.1) is 5.92 Å². The molecule has 0 aliphatic rings. The highest BCUT2D eigenvalue weighted by molar-refractivity contribution is 4.76. The Balaban J connectivity index is 4.01. The minimum absolute atomic E-state index is 0.386. The van der Waals surface area contributed by atoms with Gasteiger partial charge in [-0.15, -0.1) is 0 Å². The second kappa shape index (κ2) is 10.1. The first-order chi connectivity index (χ1) is 7.65. The zero-order chi connectivity index (χ0) is 12.4. The average molecular weight is 229 g/mol. The van der Waals surface area contributed by atoms with Crippen molar-refractivity contribution in [1.29, 1.82) is 0 Å². The SMILES string of the molecule is CCNC(CCCC(C)C)C(CC)OCC. The van der Waals surface area contributed by atoms with Crippen molar-refractivity contribution in [3.05, 3.63) is 0 Å². The second-order valence-corrected chi connectivity index (χ2v) is 4.89. The van der Waals surface area contributed by atoms with Gasteiger partial charge in [0.15, 0.2) is 0 Å². The molecule has 0 rings (SSSR count). The maximum Gasteiger partial charge on any atom is 0.0725 e. The Kier molecular flexibility index (Phi) is 10.0. The van der Waals surface area contributed by atoms with Crippen molar-refractivity contribution in [2.75, 3.05) is 13.2 Å². The lowest BCUT2D eigenvalue weighted by molar-refractivity contribution is 0.0292. The molecule has 98 valence electrons. The van der Waals surface area contributed by atoms with E-state index in [-0.39, 0.29) is 0 Å². The largest absolute Gasteiger partial charge is 0.377 e. The summed E-state index contributed by atoms with van der Waals surface area (Å²) in [4.78, 5) is 0. The van der Waals surface area contributed by atoms with Crippen LogP contribution in [-0.2, 0) is 4.74 Å². The predicted molar refractivity (Wildman–Crippen MR) is 71.9 cm³/mol. The van der Waals surface area contributed by atoms with Crippen molar-refractivity contribution in [1.82, 2.24) is 5.32 Å². The van der Waals surface area contributed by atoms with E-state index < -0.39 is 0 Å². The van der Waals surface area contributed by atoms with E-state index in [1.165, 1.54) is 19.3 Å². The van der Waals surface area contributed by atoms with Gasteiger partial charge in [-0.3, -0.25) is 0 Å². The molecule has 0 spiro atoms. The van der Waals surface area contributed by atoms with Crippen molar-refractivity contribution < 1.29 is 4.74 Å². The third-order valence-corrected chi connectivity index (χ3v) is 2.99. The molecule has 0 aliphatic heterocycles. The summed E-state index contributed by atoms with van der Waals surface area (Å²) in [6, 6.07) is 0.536. The lowest BCUT2D eigenvalue weighted by Gasteiger charge is -2.27. The second-order valence-electron chi connectivity index (χ2n) is 4.89. The molecule has 0 aromatic rings. The van der Waals surface area contributed by atoms with Crippen LogP contribution in [0.2, 0.25) is 0 Å². The van der Waals surface area contributed by atoms with Crippen molar-refractivity contribution >= 4 is 0 Å². The zero-order valence-electron chi connectivity index (χ0n) is 11.9. The molecular formula is C14H31NO. The average Bonchev–Trinajstić information content (AvgIpc) is 2.24. The van der Waals surface area contributed by atoms with E-state index >= 15 is 0 Å². The Hall–Kier alpha value is -0.0800. The first kappa shape index (κ1) is 15.9. The third-order valence-electron chi connectivity index (χ3n) is 2.99. The van der Waals surface area contributed by atoms with Crippen LogP contribution in [0.15, 0.2) is 0 Å². The van der Waals surface area contributed by atoms with Gasteiger partial charge in [0.25, 0.3) is 0 Å². The van der Waals surface area contributed by atoms with Gasteiger partial charge >= 0.3 is 0 Å². The molecule has 0 radical (unpaired) electrons. The molecule has 0 aromatic carbocycles. The van der Waals surface area contributed by atoms with E-state index in [0.29, 0.717) is 12.1 Å². The maximum absolute atomic E-state index is 5.80. The highest BCUT2D eigenvalue weighted by Crippen LogP contribution is 2.14. The molecule has 0 aromatic heterocycles. The quantitative estimate of drug-likeness (QED) is 0.618. The molecule has 2 unspecified atom stereocenters. The molecule has 0 saturated heterocycles. The van der Waals surface area contributed by atoms with E-state index in [1.807, 2.05) is 0 Å². The van der Waals surface area contributed by atoms with E-state index in [4.69, 9.17) is 4.74 Å². The number of likely N-dealkylation sites (N-methyl/N-ethyl adjacent to an activating group) is 1. The fraction of sp³-hybridized carbons (Fsp3) is 1.00. The molecule has 0 fully saturated rings. The maximum atomic E-state index is 5.80. The Morgan fingerprint density at radius 1 is 1.06 bits per heavy atom. The van der Waals surface area contributed by atoms with Gasteiger partial charge in [0, 0.05) is 12.6 Å². The number of ether oxygens (including phenoxy) is 1. The van der Waals surface area contributed by atoms with E-state index in [1.54, 1.807) is 0 Å². The highest BCUT2D eigenvalue weighted by atomic mass is 16.5. The summed E-state index contributed by atoms with van der Waals surface area (Å²) in [6.07, 6.45) is 5.36. The van der Waals surface area contributed by atoms with Crippen LogP contribution in [0.4, 0.5) is 0 Å². The highest BCUT2D eigenvalue weighted by Gasteiger charge is 2.18. The van der Waals surface area contributed by atoms with Crippen LogP contribution in [0.25, 0.3) is 0 Å². The summed E-state index contributed by atoms with van der Waals surface area (Å²) in [5.41, 5.74) is 0. The Morgan fingerprint density at radius 2 is 1.75 bits per heavy atom. The third kappa shape index (κ3) is 7.24. The molecule has 0 aliphatic carbocycles. The van der Waals surface area contributed by atoms with Gasteiger partial charge in [0.2, 0.25) is 0 Å². The van der Waals surface area contributed by atoms with Crippen LogP contribution in [0.3, 0.4) is 0 Å². The summed E-state index contributed by atoms with van der Waals surface area (Å²) < 4.78 is 5.80. The fourth-order valence-corrected chi connectivity index (χ4v) is 2.16. The zero-order valence-corrected chi connectivity index (χ0v) is 11.9. The van der Waals surface area contributed by atoms with Crippen molar-refractivity contribution in [2.45, 2.75) is 72.4 Å². The topological polar surface area (TPSA) is 21.3 Å². The summed E-state index contributed by atoms with van der Waals surface area (Å²) >= 11 is 0. The minimum Gasteiger partial charge on any atom is -0.377 e. The normalized spacial score (nSPS) is 15.4. The number of rotatable bonds is 10. The molecular weight excluding hydrogens is 198 g/mol. The molecule has 0 bridgehead atoms. The molecule has 0 heterocycles. The molecule has 2 nitrogen and oxygen atoms in total. The number of hydrogen-bond donors (Lipinski definition) is 1. The van der Waals surface area contributed by atoms with Crippen LogP contribution in [0.1, 0.15) is 60.3 Å². The van der Waals surface area contributed by atoms with Gasteiger partial charge in [0.1, 0.15) is 0 Å². The van der Waals surface area contributed by atoms with Crippen molar-refractivity contribution in [3.63, 3.8) is 0 Å². The van der Waals surface area contributed by atoms with Crippen molar-refractivity contribution in [3.8, 4) is 0 Å². The fourth-order valence-electron chi connectivity index (χ4n) is 2.16. The van der Waals surface area contributed by atoms with Crippen LogP contribution in [0.5, 0.6) is 0 Å². The first-order valence-electron chi connectivity index (χ1n) is 7.00. The Morgan fingerprint density at radius 3 is 2.19 bits per heavy atom. The summed E-state index contributed by atoms with van der Waals surface area (Å²) in [6.45, 7) is 12.9. The summed E-state index contributed by atoms with van der Waals surface area (Å²) in [5, 5.41) is 3.57. The van der Waals surface area contributed by atoms with Crippen LogP contribution in [-0.4, -0.2) is 25.3 Å². The van der Waals surface area contributed by atoms with Gasteiger partial charge in [-0.1, -0.05) is 40.5 Å². The van der Waals surface area contributed by atoms with Crippen molar-refractivity contribution in [2.24, 2.45) is 5.92 Å². The number of hydrogen-bond acceptors (Lipinski definition) is 2. The summed E-state index contributed by atoms with van der Waals surface area (Å²) in [7, 11) is 0. The van der Waals surface area contributed by atoms with Gasteiger partial charge in [-0.25, -0.2) is 0 Å². The lowest BCUT2D eigenvalue weighted by atomic mass is 9.98.